The van der Waals surface area contributed by atoms with E-state index in [9.17, 15) is 4.79 Å². The fourth-order valence-electron chi connectivity index (χ4n) is 1.82. The molecule has 1 aromatic heterocycles. The first kappa shape index (κ1) is 15.6. The Morgan fingerprint density at radius 1 is 1.45 bits per heavy atom. The lowest BCUT2D eigenvalue weighted by Gasteiger charge is -2.14. The van der Waals surface area contributed by atoms with Gasteiger partial charge in [-0.2, -0.15) is 11.0 Å². The lowest BCUT2D eigenvalue weighted by molar-refractivity contribution is 0.0503. The van der Waals surface area contributed by atoms with Gasteiger partial charge in [-0.25, -0.2) is 14.8 Å². The second-order valence-electron chi connectivity index (χ2n) is 4.67. The molecule has 1 unspecified atom stereocenters. The van der Waals surface area contributed by atoms with Crippen molar-refractivity contribution in [2.24, 2.45) is 11.0 Å². The topological polar surface area (TPSA) is 93.7 Å². The average Bonchev–Trinajstić information content (AvgIpc) is 2.59. The van der Waals surface area contributed by atoms with Gasteiger partial charge in [0.15, 0.2) is 0 Å². The fraction of sp³-hybridized carbons (Fsp3) is 0.200. The maximum Gasteiger partial charge on any atom is 0.356 e. The molecule has 0 radical (unpaired) electrons. The maximum absolute atomic E-state index is 11.4. The number of aromatic nitrogens is 2. The van der Waals surface area contributed by atoms with Crippen molar-refractivity contribution >= 4 is 17.9 Å². The number of benzene rings is 1. The highest BCUT2D eigenvalue weighted by Crippen LogP contribution is 2.16. The molecule has 1 heterocycles. The van der Waals surface area contributed by atoms with Gasteiger partial charge in [-0.3, -0.25) is 5.01 Å². The molecule has 0 fully saturated rings. The van der Waals surface area contributed by atoms with Gasteiger partial charge in [0.25, 0.3) is 0 Å². The summed E-state index contributed by atoms with van der Waals surface area (Å²) in [7, 11) is 1.79. The number of hydrogen-bond acceptors (Lipinski definition) is 7. The normalized spacial score (nSPS) is 12.1. The van der Waals surface area contributed by atoms with Crippen molar-refractivity contribution in [2.45, 2.75) is 12.8 Å². The second kappa shape index (κ2) is 7.28. The zero-order chi connectivity index (χ0) is 15.9. The molecule has 1 aromatic carbocycles. The smallest absolute Gasteiger partial charge is 0.356 e. The first-order chi connectivity index (χ1) is 10.6. The van der Waals surface area contributed by atoms with E-state index in [2.05, 4.69) is 19.9 Å². The zero-order valence-electron chi connectivity index (χ0n) is 12.4. The van der Waals surface area contributed by atoms with Gasteiger partial charge in [-0.05, 0) is 24.3 Å². The molecule has 22 heavy (non-hydrogen) atoms. The number of carbonyl (C=O) groups excluding carboxylic acids is 1. The molecule has 114 valence electrons. The van der Waals surface area contributed by atoms with Crippen molar-refractivity contribution in [1.29, 1.82) is 0 Å². The maximum atomic E-state index is 11.4. The standard InChI is InChI=1S/C15H17N5O2/c1-11(14-6-7-17-10-18-14)9-19-20(2)13-5-3-4-12(8-13)15(21)22-16/h3-11H,16H2,1-2H3/b19-9-. The summed E-state index contributed by atoms with van der Waals surface area (Å²) in [5, 5.41) is 6.02. The lowest BCUT2D eigenvalue weighted by Crippen LogP contribution is -2.13. The fourth-order valence-corrected chi connectivity index (χ4v) is 1.82. The van der Waals surface area contributed by atoms with Gasteiger partial charge in [0, 0.05) is 25.4 Å². The molecule has 2 aromatic rings. The number of hydrogen-bond donors (Lipinski definition) is 1. The summed E-state index contributed by atoms with van der Waals surface area (Å²) in [6.45, 7) is 1.99. The molecule has 1 atom stereocenters. The zero-order valence-corrected chi connectivity index (χ0v) is 12.4. The number of nitrogens with two attached hydrogens (primary N) is 1. The molecule has 7 heteroatoms. The van der Waals surface area contributed by atoms with Crippen LogP contribution in [0.25, 0.3) is 0 Å². The number of hydrazone groups is 1. The van der Waals surface area contributed by atoms with Crippen LogP contribution >= 0.6 is 0 Å². The molecule has 7 nitrogen and oxygen atoms in total. The summed E-state index contributed by atoms with van der Waals surface area (Å²) in [4.78, 5) is 23.7. The van der Waals surface area contributed by atoms with Crippen molar-refractivity contribution in [3.05, 3.63) is 54.1 Å². The molecule has 2 N–H and O–H groups in total. The van der Waals surface area contributed by atoms with E-state index < -0.39 is 5.97 Å². The summed E-state index contributed by atoms with van der Waals surface area (Å²) in [6.07, 6.45) is 4.97. The van der Waals surface area contributed by atoms with Crippen LogP contribution in [0.15, 0.2) is 48.0 Å². The van der Waals surface area contributed by atoms with Crippen LogP contribution in [-0.2, 0) is 4.84 Å². The van der Waals surface area contributed by atoms with Crippen molar-refractivity contribution in [3.8, 4) is 0 Å². The first-order valence-corrected chi connectivity index (χ1v) is 6.66. The van der Waals surface area contributed by atoms with Crippen LogP contribution in [0.3, 0.4) is 0 Å². The van der Waals surface area contributed by atoms with Crippen LogP contribution in [0.2, 0.25) is 0 Å². The van der Waals surface area contributed by atoms with Gasteiger partial charge >= 0.3 is 5.97 Å². The highest BCUT2D eigenvalue weighted by Gasteiger charge is 2.08. The minimum absolute atomic E-state index is 0.0441. The number of anilines is 1. The Morgan fingerprint density at radius 2 is 2.27 bits per heavy atom. The van der Waals surface area contributed by atoms with Crippen LogP contribution < -0.4 is 10.9 Å². The molecule has 2 rings (SSSR count). The van der Waals surface area contributed by atoms with E-state index in [0.29, 0.717) is 5.56 Å². The Bertz CT molecular complexity index is 660. The predicted octanol–water partition coefficient (Wildman–Crippen LogP) is 1.73. The Morgan fingerprint density at radius 3 is 2.95 bits per heavy atom. The minimum atomic E-state index is -0.589. The summed E-state index contributed by atoms with van der Waals surface area (Å²) < 4.78 is 0. The molecule has 0 saturated heterocycles. The van der Waals surface area contributed by atoms with E-state index >= 15 is 0 Å². The minimum Gasteiger partial charge on any atom is -0.370 e. The van der Waals surface area contributed by atoms with Crippen molar-refractivity contribution in [1.82, 2.24) is 9.97 Å². The van der Waals surface area contributed by atoms with Crippen molar-refractivity contribution < 1.29 is 9.63 Å². The molecular weight excluding hydrogens is 282 g/mol. The third-order valence-electron chi connectivity index (χ3n) is 3.10. The van der Waals surface area contributed by atoms with E-state index in [1.165, 1.54) is 6.33 Å². The summed E-state index contributed by atoms with van der Waals surface area (Å²) in [5.41, 5.74) is 1.99. The van der Waals surface area contributed by atoms with Gasteiger partial charge in [0.05, 0.1) is 16.9 Å². The lowest BCUT2D eigenvalue weighted by atomic mass is 10.1. The van der Waals surface area contributed by atoms with Crippen LogP contribution in [0.4, 0.5) is 5.69 Å². The Kier molecular flexibility index (Phi) is 5.16. The molecule has 0 amide bonds. The van der Waals surface area contributed by atoms with Crippen LogP contribution in [0.1, 0.15) is 28.9 Å². The Labute approximate surface area is 128 Å². The van der Waals surface area contributed by atoms with Gasteiger partial charge in [0.2, 0.25) is 0 Å². The molecule has 0 aliphatic carbocycles. The van der Waals surface area contributed by atoms with E-state index in [1.807, 2.05) is 19.1 Å². The highest BCUT2D eigenvalue weighted by atomic mass is 16.7. The third-order valence-corrected chi connectivity index (χ3v) is 3.10. The van der Waals surface area contributed by atoms with Gasteiger partial charge < -0.3 is 4.84 Å². The van der Waals surface area contributed by atoms with E-state index in [1.54, 1.807) is 42.7 Å². The summed E-state index contributed by atoms with van der Waals surface area (Å²) in [5.74, 6) is 4.34. The number of rotatable bonds is 5. The predicted molar refractivity (Wildman–Crippen MR) is 83.4 cm³/mol. The SMILES string of the molecule is CC(/C=N\N(C)c1cccc(C(=O)ON)c1)c1ccncn1. The summed E-state index contributed by atoms with van der Waals surface area (Å²) in [6, 6.07) is 8.69. The second-order valence-corrected chi connectivity index (χ2v) is 4.67. The number of carbonyl (C=O) groups is 1. The van der Waals surface area contributed by atoms with Gasteiger partial charge in [0.1, 0.15) is 6.33 Å². The van der Waals surface area contributed by atoms with Crippen LogP contribution in [-0.4, -0.2) is 29.2 Å². The molecule has 0 aliphatic heterocycles. The molecule has 0 bridgehead atoms. The van der Waals surface area contributed by atoms with Crippen molar-refractivity contribution in [2.75, 3.05) is 12.1 Å². The Hall–Kier alpha value is -2.80. The summed E-state index contributed by atoms with van der Waals surface area (Å²) >= 11 is 0. The van der Waals surface area contributed by atoms with Crippen LogP contribution in [0.5, 0.6) is 0 Å². The molecule has 0 spiro atoms. The van der Waals surface area contributed by atoms with E-state index in [-0.39, 0.29) is 5.92 Å². The van der Waals surface area contributed by atoms with E-state index in [4.69, 9.17) is 5.90 Å². The Balaban J connectivity index is 2.10. The third kappa shape index (κ3) is 3.86. The highest BCUT2D eigenvalue weighted by molar-refractivity contribution is 5.90. The molecular formula is C15H17N5O2. The van der Waals surface area contributed by atoms with E-state index in [0.717, 1.165) is 11.4 Å². The quantitative estimate of drug-likeness (QED) is 0.667. The average molecular weight is 299 g/mol. The monoisotopic (exact) mass is 299 g/mol. The molecule has 0 aliphatic rings. The van der Waals surface area contributed by atoms with Gasteiger partial charge in [-0.15, -0.1) is 0 Å². The number of nitrogens with zero attached hydrogens (tertiary/aromatic N) is 4. The largest absolute Gasteiger partial charge is 0.370 e. The molecule has 0 saturated carbocycles. The van der Waals surface area contributed by atoms with Gasteiger partial charge in [-0.1, -0.05) is 13.0 Å². The van der Waals surface area contributed by atoms with Crippen molar-refractivity contribution in [3.63, 3.8) is 0 Å². The van der Waals surface area contributed by atoms with Crippen LogP contribution in [0, 0.1) is 0 Å². The first-order valence-electron chi connectivity index (χ1n) is 6.66.